The summed E-state index contributed by atoms with van der Waals surface area (Å²) < 4.78 is 0. The largest absolute Gasteiger partial charge is 0.352 e. The van der Waals surface area contributed by atoms with E-state index >= 15 is 0 Å². The maximum atomic E-state index is 11.1. The molecule has 2 N–H and O–H groups in total. The van der Waals surface area contributed by atoms with E-state index in [0.29, 0.717) is 23.9 Å². The molecule has 1 aliphatic heterocycles. The van der Waals surface area contributed by atoms with E-state index in [1.807, 2.05) is 0 Å². The third kappa shape index (κ3) is 3.21. The highest BCUT2D eigenvalue weighted by Gasteiger charge is 2.28. The first-order valence-corrected chi connectivity index (χ1v) is 6.58. The zero-order valence-electron chi connectivity index (χ0n) is 10.5. The summed E-state index contributed by atoms with van der Waals surface area (Å²) in [7, 11) is 0. The highest BCUT2D eigenvalue weighted by atomic mass is 16.1. The third-order valence-electron chi connectivity index (χ3n) is 3.94. The van der Waals surface area contributed by atoms with Gasteiger partial charge in [-0.2, -0.15) is 0 Å². The van der Waals surface area contributed by atoms with E-state index < -0.39 is 0 Å². The molecule has 3 heteroatoms. The van der Waals surface area contributed by atoms with Crippen molar-refractivity contribution in [2.24, 2.45) is 5.41 Å². The molecular weight excluding hydrogens is 200 g/mol. The predicted molar refractivity (Wildman–Crippen MR) is 65.2 cm³/mol. The van der Waals surface area contributed by atoms with E-state index in [4.69, 9.17) is 0 Å². The molecule has 2 fully saturated rings. The van der Waals surface area contributed by atoms with Crippen molar-refractivity contribution in [1.29, 1.82) is 0 Å². The molecule has 2 atom stereocenters. The van der Waals surface area contributed by atoms with Crippen LogP contribution in [0.5, 0.6) is 0 Å². The first-order valence-electron chi connectivity index (χ1n) is 6.58. The van der Waals surface area contributed by atoms with Crippen molar-refractivity contribution in [2.75, 3.05) is 6.54 Å². The maximum absolute atomic E-state index is 11.1. The SMILES string of the molecule is CC1(C)CCCC(NCC2CCC(=O)N2)C1. The second-order valence-electron chi connectivity index (χ2n) is 6.17. The van der Waals surface area contributed by atoms with Gasteiger partial charge in [0.15, 0.2) is 0 Å². The fourth-order valence-corrected chi connectivity index (χ4v) is 3.01. The number of hydrogen-bond acceptors (Lipinski definition) is 2. The minimum atomic E-state index is 0.218. The van der Waals surface area contributed by atoms with Gasteiger partial charge in [0.25, 0.3) is 0 Å². The van der Waals surface area contributed by atoms with Gasteiger partial charge in [-0.1, -0.05) is 20.3 Å². The van der Waals surface area contributed by atoms with Crippen LogP contribution in [0, 0.1) is 5.41 Å². The van der Waals surface area contributed by atoms with Gasteiger partial charge in [-0.3, -0.25) is 4.79 Å². The van der Waals surface area contributed by atoms with E-state index in [2.05, 4.69) is 24.5 Å². The van der Waals surface area contributed by atoms with Gasteiger partial charge < -0.3 is 10.6 Å². The van der Waals surface area contributed by atoms with Crippen LogP contribution in [0.3, 0.4) is 0 Å². The number of carbonyl (C=O) groups excluding carboxylic acids is 1. The Morgan fingerprint density at radius 3 is 2.88 bits per heavy atom. The normalized spacial score (nSPS) is 33.8. The van der Waals surface area contributed by atoms with Gasteiger partial charge >= 0.3 is 0 Å². The molecule has 0 aromatic rings. The second-order valence-corrected chi connectivity index (χ2v) is 6.17. The first kappa shape index (κ1) is 11.9. The summed E-state index contributed by atoms with van der Waals surface area (Å²) in [4.78, 5) is 11.1. The fraction of sp³-hybridized carbons (Fsp3) is 0.923. The predicted octanol–water partition coefficient (Wildman–Crippen LogP) is 1.82. The molecule has 1 heterocycles. The molecule has 0 spiro atoms. The molecule has 1 saturated heterocycles. The summed E-state index contributed by atoms with van der Waals surface area (Å²) in [5, 5.41) is 6.64. The molecule has 3 nitrogen and oxygen atoms in total. The Labute approximate surface area is 98.4 Å². The van der Waals surface area contributed by atoms with E-state index in [1.54, 1.807) is 0 Å². The Morgan fingerprint density at radius 2 is 2.25 bits per heavy atom. The number of rotatable bonds is 3. The second kappa shape index (κ2) is 4.74. The molecular formula is C13H24N2O. The lowest BCUT2D eigenvalue weighted by Crippen LogP contribution is -2.43. The summed E-state index contributed by atoms with van der Waals surface area (Å²) in [6, 6.07) is 1.03. The van der Waals surface area contributed by atoms with Crippen molar-refractivity contribution in [1.82, 2.24) is 10.6 Å². The van der Waals surface area contributed by atoms with Crippen LogP contribution in [-0.2, 0) is 4.79 Å². The summed E-state index contributed by atoms with van der Waals surface area (Å²) in [6.07, 6.45) is 6.97. The van der Waals surface area contributed by atoms with Crippen LogP contribution in [0.2, 0.25) is 0 Å². The average molecular weight is 224 g/mol. The molecule has 2 unspecified atom stereocenters. The van der Waals surface area contributed by atoms with Crippen LogP contribution in [0.4, 0.5) is 0 Å². The van der Waals surface area contributed by atoms with Gasteiger partial charge in [0, 0.05) is 25.0 Å². The molecule has 2 rings (SSSR count). The molecule has 0 aromatic heterocycles. The topological polar surface area (TPSA) is 41.1 Å². The fourth-order valence-electron chi connectivity index (χ4n) is 3.01. The highest BCUT2D eigenvalue weighted by molar-refractivity contribution is 5.78. The van der Waals surface area contributed by atoms with Gasteiger partial charge in [-0.25, -0.2) is 0 Å². The lowest BCUT2D eigenvalue weighted by Gasteiger charge is -2.36. The maximum Gasteiger partial charge on any atom is 0.220 e. The molecule has 1 aliphatic carbocycles. The number of carbonyl (C=O) groups is 1. The summed E-state index contributed by atoms with van der Waals surface area (Å²) in [5.41, 5.74) is 0.495. The molecule has 1 amide bonds. The van der Waals surface area contributed by atoms with Gasteiger partial charge in [0.1, 0.15) is 0 Å². The van der Waals surface area contributed by atoms with Crippen LogP contribution in [0.15, 0.2) is 0 Å². The summed E-state index contributed by atoms with van der Waals surface area (Å²) >= 11 is 0. The first-order chi connectivity index (χ1) is 7.55. The van der Waals surface area contributed by atoms with E-state index in [1.165, 1.54) is 25.7 Å². The third-order valence-corrected chi connectivity index (χ3v) is 3.94. The molecule has 1 saturated carbocycles. The molecule has 2 aliphatic rings. The van der Waals surface area contributed by atoms with E-state index in [-0.39, 0.29) is 5.91 Å². The van der Waals surface area contributed by atoms with Gasteiger partial charge in [0.05, 0.1) is 0 Å². The van der Waals surface area contributed by atoms with E-state index in [9.17, 15) is 4.79 Å². The highest BCUT2D eigenvalue weighted by Crippen LogP contribution is 2.35. The van der Waals surface area contributed by atoms with Gasteiger partial charge in [-0.15, -0.1) is 0 Å². The summed E-state index contributed by atoms with van der Waals surface area (Å²) in [5.74, 6) is 0.218. The van der Waals surface area contributed by atoms with Crippen molar-refractivity contribution in [2.45, 2.75) is 64.5 Å². The van der Waals surface area contributed by atoms with Crippen LogP contribution in [0.1, 0.15) is 52.4 Å². The number of amides is 1. The average Bonchev–Trinajstić information content (AvgIpc) is 2.60. The Bertz CT molecular complexity index is 263. The smallest absolute Gasteiger partial charge is 0.220 e. The van der Waals surface area contributed by atoms with Crippen molar-refractivity contribution in [3.63, 3.8) is 0 Å². The van der Waals surface area contributed by atoms with Crippen molar-refractivity contribution >= 4 is 5.91 Å². The number of nitrogens with one attached hydrogen (secondary N) is 2. The Balaban J connectivity index is 1.71. The van der Waals surface area contributed by atoms with Crippen LogP contribution in [0.25, 0.3) is 0 Å². The van der Waals surface area contributed by atoms with Gasteiger partial charge in [-0.05, 0) is 31.1 Å². The lowest BCUT2D eigenvalue weighted by molar-refractivity contribution is -0.119. The van der Waals surface area contributed by atoms with Crippen molar-refractivity contribution < 1.29 is 4.79 Å². The Kier molecular flexibility index (Phi) is 3.53. The summed E-state index contributed by atoms with van der Waals surface area (Å²) in [6.45, 7) is 5.67. The van der Waals surface area contributed by atoms with Crippen molar-refractivity contribution in [3.8, 4) is 0 Å². The zero-order chi connectivity index (χ0) is 11.6. The lowest BCUT2D eigenvalue weighted by atomic mass is 9.75. The Hall–Kier alpha value is -0.570. The number of hydrogen-bond donors (Lipinski definition) is 2. The minimum absolute atomic E-state index is 0.218. The van der Waals surface area contributed by atoms with Crippen molar-refractivity contribution in [3.05, 3.63) is 0 Å². The molecule has 0 radical (unpaired) electrons. The molecule has 0 aromatic carbocycles. The monoisotopic (exact) mass is 224 g/mol. The zero-order valence-corrected chi connectivity index (χ0v) is 10.5. The quantitative estimate of drug-likeness (QED) is 0.768. The van der Waals surface area contributed by atoms with Gasteiger partial charge in [0.2, 0.25) is 5.91 Å². The molecule has 16 heavy (non-hydrogen) atoms. The Morgan fingerprint density at radius 1 is 1.44 bits per heavy atom. The van der Waals surface area contributed by atoms with Crippen LogP contribution < -0.4 is 10.6 Å². The van der Waals surface area contributed by atoms with Crippen LogP contribution >= 0.6 is 0 Å². The minimum Gasteiger partial charge on any atom is -0.352 e. The van der Waals surface area contributed by atoms with Crippen LogP contribution in [-0.4, -0.2) is 24.5 Å². The molecule has 0 bridgehead atoms. The standard InChI is InChI=1S/C13H24N2O/c1-13(2)7-3-4-10(8-13)14-9-11-5-6-12(16)15-11/h10-11,14H,3-9H2,1-2H3,(H,15,16). The molecule has 92 valence electrons. The van der Waals surface area contributed by atoms with E-state index in [0.717, 1.165) is 13.0 Å².